The third kappa shape index (κ3) is 5.01. The van der Waals surface area contributed by atoms with Gasteiger partial charge in [-0.15, -0.1) is 11.3 Å². The van der Waals surface area contributed by atoms with Gasteiger partial charge in [-0.1, -0.05) is 20.3 Å². The Bertz CT molecular complexity index is 1030. The molecule has 0 aliphatic carbocycles. The third-order valence-corrected chi connectivity index (χ3v) is 5.88. The van der Waals surface area contributed by atoms with E-state index in [9.17, 15) is 9.18 Å². The normalized spacial score (nSPS) is 11.7. The van der Waals surface area contributed by atoms with Gasteiger partial charge < -0.3 is 9.30 Å². The number of amides is 1. The highest BCUT2D eigenvalue weighted by atomic mass is 32.1. The summed E-state index contributed by atoms with van der Waals surface area (Å²) >= 11 is 1.48. The molecule has 0 spiro atoms. The predicted octanol–water partition coefficient (Wildman–Crippen LogP) is 5.38. The summed E-state index contributed by atoms with van der Waals surface area (Å²) in [6, 6.07) is 13.5. The molecule has 1 aromatic heterocycles. The molecular formula is C23H25FN2O2S. The number of nitrogens with zero attached hydrogens (tertiary/aromatic N) is 2. The van der Waals surface area contributed by atoms with Crippen molar-refractivity contribution in [2.45, 2.75) is 33.1 Å². The predicted molar refractivity (Wildman–Crippen MR) is 115 cm³/mol. The van der Waals surface area contributed by atoms with Crippen LogP contribution >= 0.6 is 11.3 Å². The van der Waals surface area contributed by atoms with Crippen molar-refractivity contribution in [3.8, 4) is 17.0 Å². The minimum atomic E-state index is -0.296. The van der Waals surface area contributed by atoms with Gasteiger partial charge in [0.05, 0.1) is 12.3 Å². The fraction of sp³-hybridized carbons (Fsp3) is 0.304. The van der Waals surface area contributed by atoms with Crippen molar-refractivity contribution in [2.24, 2.45) is 12.0 Å². The van der Waals surface area contributed by atoms with Crippen LogP contribution < -0.4 is 9.54 Å². The van der Waals surface area contributed by atoms with E-state index in [2.05, 4.69) is 18.8 Å². The molecule has 0 fully saturated rings. The van der Waals surface area contributed by atoms with E-state index in [4.69, 9.17) is 4.74 Å². The lowest BCUT2D eigenvalue weighted by atomic mass is 10.1. The van der Waals surface area contributed by atoms with Crippen LogP contribution in [0.5, 0.6) is 5.75 Å². The van der Waals surface area contributed by atoms with E-state index < -0.39 is 0 Å². The fourth-order valence-corrected chi connectivity index (χ4v) is 4.06. The van der Waals surface area contributed by atoms with Crippen molar-refractivity contribution in [2.75, 3.05) is 6.61 Å². The van der Waals surface area contributed by atoms with Crippen LogP contribution in [0.25, 0.3) is 11.3 Å². The summed E-state index contributed by atoms with van der Waals surface area (Å²) < 4.78 is 20.8. The van der Waals surface area contributed by atoms with Crippen LogP contribution in [0.1, 0.15) is 41.9 Å². The molecule has 0 atom stereocenters. The molecule has 3 aromatic rings. The molecule has 0 radical (unpaired) electrons. The molecule has 0 aliphatic heterocycles. The minimum absolute atomic E-state index is 0.271. The molecular weight excluding hydrogens is 387 g/mol. The molecule has 0 aliphatic rings. The van der Waals surface area contributed by atoms with Gasteiger partial charge in [-0.25, -0.2) is 4.39 Å². The maximum absolute atomic E-state index is 13.3. The molecule has 1 heterocycles. The monoisotopic (exact) mass is 412 g/mol. The zero-order valence-electron chi connectivity index (χ0n) is 16.9. The second kappa shape index (κ2) is 9.65. The van der Waals surface area contributed by atoms with Gasteiger partial charge >= 0.3 is 0 Å². The number of hydrogen-bond donors (Lipinski definition) is 0. The number of aryl methyl sites for hydroxylation is 1. The number of unbranched alkanes of at least 4 members (excludes halogenated alkanes) is 1. The Morgan fingerprint density at radius 3 is 2.41 bits per heavy atom. The van der Waals surface area contributed by atoms with Crippen LogP contribution in [0.4, 0.5) is 4.39 Å². The number of thiazole rings is 1. The molecule has 1 amide bonds. The van der Waals surface area contributed by atoms with Crippen molar-refractivity contribution in [1.82, 2.24) is 4.57 Å². The molecule has 2 aromatic carbocycles. The van der Waals surface area contributed by atoms with E-state index in [0.29, 0.717) is 17.0 Å². The Hall–Kier alpha value is -2.73. The third-order valence-electron chi connectivity index (χ3n) is 4.60. The van der Waals surface area contributed by atoms with E-state index in [1.165, 1.54) is 23.5 Å². The van der Waals surface area contributed by atoms with Crippen molar-refractivity contribution in [1.29, 1.82) is 0 Å². The van der Waals surface area contributed by atoms with E-state index in [1.807, 2.05) is 11.6 Å². The lowest BCUT2D eigenvalue weighted by Gasteiger charge is -2.06. The van der Waals surface area contributed by atoms with Gasteiger partial charge in [0.25, 0.3) is 5.91 Å². The molecule has 0 saturated carbocycles. The summed E-state index contributed by atoms with van der Waals surface area (Å²) in [5, 5.41) is 0. The zero-order valence-corrected chi connectivity index (χ0v) is 17.8. The van der Waals surface area contributed by atoms with Gasteiger partial charge in [-0.2, -0.15) is 4.99 Å². The van der Waals surface area contributed by atoms with Crippen LogP contribution in [-0.4, -0.2) is 17.1 Å². The van der Waals surface area contributed by atoms with E-state index in [0.717, 1.165) is 41.1 Å². The fourth-order valence-electron chi connectivity index (χ4n) is 2.99. The zero-order chi connectivity index (χ0) is 20.8. The van der Waals surface area contributed by atoms with E-state index in [1.54, 1.807) is 36.4 Å². The molecule has 0 unspecified atom stereocenters. The SMILES string of the molecule is CCCCOc1ccc(C(=O)N=c2sc(CC)c(-c3ccc(F)cc3)n2C)cc1. The average Bonchev–Trinajstić information content (AvgIpc) is 3.04. The smallest absolute Gasteiger partial charge is 0.279 e. The Kier molecular flexibility index (Phi) is 6.99. The first-order chi connectivity index (χ1) is 14.0. The highest BCUT2D eigenvalue weighted by molar-refractivity contribution is 7.09. The van der Waals surface area contributed by atoms with Gasteiger partial charge in [0.2, 0.25) is 0 Å². The van der Waals surface area contributed by atoms with E-state index >= 15 is 0 Å². The van der Waals surface area contributed by atoms with Crippen LogP contribution in [-0.2, 0) is 13.5 Å². The number of rotatable bonds is 7. The maximum atomic E-state index is 13.3. The van der Waals surface area contributed by atoms with Crippen molar-refractivity contribution >= 4 is 17.2 Å². The number of hydrogen-bond acceptors (Lipinski definition) is 3. The Labute approximate surface area is 174 Å². The molecule has 3 rings (SSSR count). The molecule has 152 valence electrons. The van der Waals surface area contributed by atoms with E-state index in [-0.39, 0.29) is 11.7 Å². The molecule has 0 N–H and O–H groups in total. The first-order valence-electron chi connectivity index (χ1n) is 9.80. The van der Waals surface area contributed by atoms with Crippen LogP contribution in [0.3, 0.4) is 0 Å². The lowest BCUT2D eigenvalue weighted by molar-refractivity contribution is 0.0998. The summed E-state index contributed by atoms with van der Waals surface area (Å²) in [5.41, 5.74) is 2.39. The topological polar surface area (TPSA) is 43.6 Å². The molecule has 0 saturated heterocycles. The van der Waals surface area contributed by atoms with Gasteiger partial charge in [0.1, 0.15) is 11.6 Å². The second-order valence-corrected chi connectivity index (χ2v) is 7.78. The van der Waals surface area contributed by atoms with Gasteiger partial charge in [0.15, 0.2) is 4.80 Å². The van der Waals surface area contributed by atoms with Crippen LogP contribution in [0.2, 0.25) is 0 Å². The Morgan fingerprint density at radius 1 is 1.10 bits per heavy atom. The minimum Gasteiger partial charge on any atom is -0.494 e. The molecule has 0 bridgehead atoms. The largest absolute Gasteiger partial charge is 0.494 e. The first-order valence-corrected chi connectivity index (χ1v) is 10.6. The summed E-state index contributed by atoms with van der Waals surface area (Å²) in [4.78, 5) is 18.7. The number of ether oxygens (including phenoxy) is 1. The number of halogens is 1. The maximum Gasteiger partial charge on any atom is 0.279 e. The highest BCUT2D eigenvalue weighted by Gasteiger charge is 2.13. The van der Waals surface area contributed by atoms with Crippen LogP contribution in [0, 0.1) is 5.82 Å². The van der Waals surface area contributed by atoms with Gasteiger partial charge in [-0.05, 0) is 66.9 Å². The summed E-state index contributed by atoms with van der Waals surface area (Å²) in [7, 11) is 1.88. The van der Waals surface area contributed by atoms with Gasteiger partial charge in [0, 0.05) is 17.5 Å². The molecule has 6 heteroatoms. The number of carbonyl (C=O) groups excluding carboxylic acids is 1. The molecule has 4 nitrogen and oxygen atoms in total. The Balaban J connectivity index is 1.88. The Morgan fingerprint density at radius 2 is 1.79 bits per heavy atom. The number of carbonyl (C=O) groups is 1. The summed E-state index contributed by atoms with van der Waals surface area (Å²) in [5.74, 6) is 0.186. The first kappa shape index (κ1) is 21.0. The van der Waals surface area contributed by atoms with Gasteiger partial charge in [-0.3, -0.25) is 4.79 Å². The van der Waals surface area contributed by atoms with Crippen molar-refractivity contribution in [3.63, 3.8) is 0 Å². The lowest BCUT2D eigenvalue weighted by Crippen LogP contribution is -2.14. The summed E-state index contributed by atoms with van der Waals surface area (Å²) in [6.45, 7) is 4.84. The standard InChI is InChI=1S/C23H25FN2O2S/c1-4-6-15-28-19-13-9-17(10-14-19)22(27)25-23-26(3)21(20(5-2)29-23)16-7-11-18(24)12-8-16/h7-14H,4-6,15H2,1-3H3. The summed E-state index contributed by atoms with van der Waals surface area (Å²) in [6.07, 6.45) is 2.88. The second-order valence-electron chi connectivity index (χ2n) is 6.72. The van der Waals surface area contributed by atoms with Crippen LogP contribution in [0.15, 0.2) is 53.5 Å². The van der Waals surface area contributed by atoms with Crippen molar-refractivity contribution < 1.29 is 13.9 Å². The molecule has 29 heavy (non-hydrogen) atoms. The van der Waals surface area contributed by atoms with Crippen molar-refractivity contribution in [3.05, 3.63) is 69.6 Å². The highest BCUT2D eigenvalue weighted by Crippen LogP contribution is 2.26. The number of benzene rings is 2. The quantitative estimate of drug-likeness (QED) is 0.489. The number of aromatic nitrogens is 1. The average molecular weight is 413 g/mol.